The minimum Gasteiger partial charge on any atom is -0.479 e. The van der Waals surface area contributed by atoms with Gasteiger partial charge in [0.25, 0.3) is 0 Å². The van der Waals surface area contributed by atoms with Crippen LogP contribution in [0.1, 0.15) is 40.0 Å². The molecule has 2 aliphatic heterocycles. The zero-order valence-corrected chi connectivity index (χ0v) is 13.0. The molecule has 1 aromatic rings. The molecule has 1 aromatic heterocycles. The van der Waals surface area contributed by atoms with Crippen molar-refractivity contribution in [1.82, 2.24) is 9.78 Å². The molecular weight excluding hydrogens is 286 g/mol. The summed E-state index contributed by atoms with van der Waals surface area (Å²) in [6.07, 6.45) is 5.86. The monoisotopic (exact) mass is 307 g/mol. The summed E-state index contributed by atoms with van der Waals surface area (Å²) in [5, 5.41) is 16.1. The molecule has 0 aliphatic carbocycles. The van der Waals surface area contributed by atoms with Gasteiger partial charge in [-0.3, -0.25) is 9.48 Å². The Labute approximate surface area is 128 Å². The third-order valence-corrected chi connectivity index (χ3v) is 4.93. The minimum atomic E-state index is -1.16. The number of anilines is 1. The van der Waals surface area contributed by atoms with Crippen molar-refractivity contribution < 1.29 is 19.4 Å². The lowest BCUT2D eigenvalue weighted by Crippen LogP contribution is -2.41. The Balaban J connectivity index is 1.73. The first-order chi connectivity index (χ1) is 10.2. The molecule has 3 unspecified atom stereocenters. The number of fused-ring (bicyclic) bond motifs is 2. The van der Waals surface area contributed by atoms with Gasteiger partial charge in [-0.2, -0.15) is 5.10 Å². The lowest BCUT2D eigenvalue weighted by atomic mass is 9.75. The number of amides is 1. The van der Waals surface area contributed by atoms with Crippen LogP contribution in [-0.4, -0.2) is 39.0 Å². The predicted octanol–water partition coefficient (Wildman–Crippen LogP) is 1.60. The molecule has 0 saturated carbocycles. The zero-order chi connectivity index (χ0) is 16.1. The van der Waals surface area contributed by atoms with Crippen LogP contribution in [0.25, 0.3) is 0 Å². The Morgan fingerprint density at radius 2 is 2.23 bits per heavy atom. The van der Waals surface area contributed by atoms with E-state index in [1.807, 2.05) is 6.92 Å². The molecule has 1 amide bonds. The molecule has 7 heteroatoms. The van der Waals surface area contributed by atoms with Crippen LogP contribution in [-0.2, 0) is 19.9 Å². The van der Waals surface area contributed by atoms with E-state index in [2.05, 4.69) is 10.4 Å². The fraction of sp³-hybridized carbons (Fsp3) is 0.667. The summed E-state index contributed by atoms with van der Waals surface area (Å²) in [4.78, 5) is 23.8. The van der Waals surface area contributed by atoms with Crippen molar-refractivity contribution in [2.24, 2.45) is 5.41 Å². The van der Waals surface area contributed by atoms with Gasteiger partial charge in [-0.25, -0.2) is 4.79 Å². The van der Waals surface area contributed by atoms with Gasteiger partial charge < -0.3 is 15.2 Å². The molecule has 22 heavy (non-hydrogen) atoms. The summed E-state index contributed by atoms with van der Waals surface area (Å²) in [5.74, 6) is -1.07. The molecule has 2 fully saturated rings. The number of carboxylic acid groups (broad SMARTS) is 1. The Kier molecular flexibility index (Phi) is 3.28. The van der Waals surface area contributed by atoms with Crippen LogP contribution in [0.15, 0.2) is 12.4 Å². The van der Waals surface area contributed by atoms with E-state index in [1.54, 1.807) is 20.0 Å². The average molecular weight is 307 g/mol. The lowest BCUT2D eigenvalue weighted by Gasteiger charge is -2.29. The van der Waals surface area contributed by atoms with Crippen molar-refractivity contribution in [3.8, 4) is 0 Å². The van der Waals surface area contributed by atoms with E-state index in [1.165, 1.54) is 10.9 Å². The molecular formula is C15H21N3O4. The Bertz CT molecular complexity index is 624. The van der Waals surface area contributed by atoms with E-state index in [-0.39, 0.29) is 18.1 Å². The van der Waals surface area contributed by atoms with Gasteiger partial charge in [-0.15, -0.1) is 0 Å². The molecule has 3 heterocycles. The number of aromatic nitrogens is 2. The molecule has 3 atom stereocenters. The maximum Gasteiger partial charge on any atom is 0.331 e. The van der Waals surface area contributed by atoms with Crippen molar-refractivity contribution >= 4 is 17.6 Å². The molecule has 0 radical (unpaired) electrons. The van der Waals surface area contributed by atoms with Gasteiger partial charge in [-0.1, -0.05) is 0 Å². The Hall–Kier alpha value is -1.89. The van der Waals surface area contributed by atoms with Gasteiger partial charge in [0.1, 0.15) is 0 Å². The van der Waals surface area contributed by atoms with Crippen molar-refractivity contribution in [2.75, 3.05) is 5.32 Å². The van der Waals surface area contributed by atoms with Crippen molar-refractivity contribution in [2.45, 2.75) is 57.8 Å². The number of ether oxygens (including phenoxy) is 1. The first kappa shape index (κ1) is 15.0. The summed E-state index contributed by atoms with van der Waals surface area (Å²) in [7, 11) is 0. The minimum absolute atomic E-state index is 0.0250. The topological polar surface area (TPSA) is 93.5 Å². The van der Waals surface area contributed by atoms with E-state index in [0.717, 1.165) is 19.3 Å². The van der Waals surface area contributed by atoms with Gasteiger partial charge >= 0.3 is 5.97 Å². The molecule has 3 rings (SSSR count). The van der Waals surface area contributed by atoms with Crippen LogP contribution >= 0.6 is 0 Å². The van der Waals surface area contributed by atoms with Crippen LogP contribution in [0.4, 0.5) is 5.69 Å². The highest BCUT2D eigenvalue weighted by Crippen LogP contribution is 2.48. The van der Waals surface area contributed by atoms with Gasteiger partial charge in [0, 0.05) is 6.20 Å². The van der Waals surface area contributed by atoms with E-state index in [9.17, 15) is 14.7 Å². The number of carboxylic acids is 1. The highest BCUT2D eigenvalue weighted by Gasteiger charge is 2.53. The highest BCUT2D eigenvalue weighted by atomic mass is 16.5. The predicted molar refractivity (Wildman–Crippen MR) is 78.4 cm³/mol. The second-order valence-electron chi connectivity index (χ2n) is 6.94. The van der Waals surface area contributed by atoms with Crippen LogP contribution < -0.4 is 5.32 Å². The third kappa shape index (κ3) is 2.20. The largest absolute Gasteiger partial charge is 0.479 e. The van der Waals surface area contributed by atoms with Crippen LogP contribution in [0.3, 0.4) is 0 Å². The summed E-state index contributed by atoms with van der Waals surface area (Å²) in [6.45, 7) is 5.04. The number of aliphatic carboxylic acids is 1. The molecule has 2 saturated heterocycles. The SMILES string of the molecule is CC1(C(=O)Nc2cnn(C(C)(C)C(=O)O)c2)CC2CCC1O2. The van der Waals surface area contributed by atoms with Gasteiger partial charge in [-0.05, 0) is 40.0 Å². The number of carbonyl (C=O) groups is 2. The first-order valence-electron chi connectivity index (χ1n) is 7.49. The van der Waals surface area contributed by atoms with Crippen LogP contribution in [0.5, 0.6) is 0 Å². The summed E-state index contributed by atoms with van der Waals surface area (Å²) >= 11 is 0. The van der Waals surface area contributed by atoms with E-state index >= 15 is 0 Å². The number of carbonyl (C=O) groups excluding carboxylic acids is 1. The number of nitrogens with one attached hydrogen (secondary N) is 1. The average Bonchev–Trinajstić information content (AvgIpc) is 3.13. The van der Waals surface area contributed by atoms with Gasteiger partial charge in [0.2, 0.25) is 5.91 Å². The Morgan fingerprint density at radius 1 is 1.50 bits per heavy atom. The zero-order valence-electron chi connectivity index (χ0n) is 13.0. The third-order valence-electron chi connectivity index (χ3n) is 4.93. The van der Waals surface area contributed by atoms with Crippen LogP contribution in [0.2, 0.25) is 0 Å². The van der Waals surface area contributed by atoms with Gasteiger partial charge in [0.15, 0.2) is 5.54 Å². The molecule has 7 nitrogen and oxygen atoms in total. The number of hydrogen-bond donors (Lipinski definition) is 2. The highest BCUT2D eigenvalue weighted by molar-refractivity contribution is 5.95. The second kappa shape index (κ2) is 4.81. The van der Waals surface area contributed by atoms with Crippen LogP contribution in [0, 0.1) is 5.41 Å². The van der Waals surface area contributed by atoms with Crippen molar-refractivity contribution in [1.29, 1.82) is 0 Å². The quantitative estimate of drug-likeness (QED) is 0.881. The van der Waals surface area contributed by atoms with Crippen molar-refractivity contribution in [3.05, 3.63) is 12.4 Å². The molecule has 120 valence electrons. The number of rotatable bonds is 4. The molecule has 0 spiro atoms. The maximum atomic E-state index is 12.6. The van der Waals surface area contributed by atoms with Crippen molar-refractivity contribution in [3.63, 3.8) is 0 Å². The summed E-state index contributed by atoms with van der Waals surface area (Å²) < 4.78 is 7.12. The summed E-state index contributed by atoms with van der Waals surface area (Å²) in [5.41, 5.74) is -1.18. The molecule has 2 bridgehead atoms. The second-order valence-corrected chi connectivity index (χ2v) is 6.94. The molecule has 2 N–H and O–H groups in total. The van der Waals surface area contributed by atoms with E-state index in [4.69, 9.17) is 4.74 Å². The fourth-order valence-electron chi connectivity index (χ4n) is 3.23. The summed E-state index contributed by atoms with van der Waals surface area (Å²) in [6, 6.07) is 0. The van der Waals surface area contributed by atoms with Gasteiger partial charge in [0.05, 0.1) is 29.5 Å². The number of hydrogen-bond acceptors (Lipinski definition) is 4. The number of nitrogens with zero attached hydrogens (tertiary/aromatic N) is 2. The standard InChI is InChI=1S/C15H21N3O4/c1-14(2,13(20)21)18-8-9(7-16-18)17-12(19)15(3)6-10-4-5-11(15)22-10/h7-8,10-11H,4-6H2,1-3H3,(H,17,19)(H,20,21). The fourth-order valence-corrected chi connectivity index (χ4v) is 3.23. The smallest absolute Gasteiger partial charge is 0.331 e. The molecule has 2 aliphatic rings. The maximum absolute atomic E-state index is 12.6. The molecule has 0 aromatic carbocycles. The first-order valence-corrected chi connectivity index (χ1v) is 7.49. The lowest BCUT2D eigenvalue weighted by molar-refractivity contribution is -0.146. The van der Waals surface area contributed by atoms with E-state index in [0.29, 0.717) is 5.69 Å². The normalized spacial score (nSPS) is 30.5. The van der Waals surface area contributed by atoms with E-state index < -0.39 is 16.9 Å². The Morgan fingerprint density at radius 3 is 2.77 bits per heavy atom.